The van der Waals surface area contributed by atoms with Crippen LogP contribution in [0.2, 0.25) is 0 Å². The molecule has 0 aromatic heterocycles. The van der Waals surface area contributed by atoms with Crippen LogP contribution in [0, 0.1) is 0 Å². The Hall–Kier alpha value is -2.62. The molecule has 92 valence electrons. The fraction of sp³-hybridized carbons (Fsp3) is 0.0667. The number of benzene rings is 2. The van der Waals surface area contributed by atoms with Gasteiger partial charge in [0.2, 0.25) is 0 Å². The first-order valence-corrected chi connectivity index (χ1v) is 5.90. The zero-order valence-electron chi connectivity index (χ0n) is 9.98. The number of ketones is 1. The second kappa shape index (κ2) is 4.57. The number of amides is 1. The van der Waals surface area contributed by atoms with Gasteiger partial charge in [0, 0.05) is 5.56 Å². The molecule has 1 atom stereocenters. The molecule has 2 aromatic rings. The first kappa shape index (κ1) is 11.5. The second-order valence-corrected chi connectivity index (χ2v) is 4.20. The lowest BCUT2D eigenvalue weighted by Gasteiger charge is -2.10. The molecule has 0 saturated heterocycles. The summed E-state index contributed by atoms with van der Waals surface area (Å²) in [6.45, 7) is 0. The second-order valence-electron chi connectivity index (χ2n) is 4.20. The maximum absolute atomic E-state index is 12.2. The van der Waals surface area contributed by atoms with Crippen LogP contribution in [-0.2, 0) is 4.79 Å². The van der Waals surface area contributed by atoms with Gasteiger partial charge in [0.05, 0.1) is 10.7 Å². The summed E-state index contributed by atoms with van der Waals surface area (Å²) in [5, 5.41) is 1.10. The van der Waals surface area contributed by atoms with E-state index in [9.17, 15) is 9.59 Å². The van der Waals surface area contributed by atoms with E-state index in [-0.39, 0.29) is 5.78 Å². The van der Waals surface area contributed by atoms with Gasteiger partial charge in [0.1, 0.15) is 0 Å². The molecule has 1 unspecified atom stereocenters. The summed E-state index contributed by atoms with van der Waals surface area (Å²) < 4.78 is 0. The minimum absolute atomic E-state index is 0.316. The molecule has 0 radical (unpaired) electrons. The van der Waals surface area contributed by atoms with Crippen LogP contribution in [0.1, 0.15) is 10.4 Å². The Bertz CT molecular complexity index is 766. The highest BCUT2D eigenvalue weighted by Crippen LogP contribution is 2.08. The molecule has 1 amide bonds. The standard InChI is InChI=1S/C15H10N2O2/c18-14(10-6-2-1-3-7-10)13-15(19)17-12-9-5-4-8-11(12)16-13/h1-9,13H. The molecule has 0 saturated carbocycles. The van der Waals surface area contributed by atoms with Crippen LogP contribution in [0.25, 0.3) is 0 Å². The van der Waals surface area contributed by atoms with Crippen molar-refractivity contribution in [2.24, 2.45) is 9.98 Å². The molecule has 2 aromatic carbocycles. The largest absolute Gasteiger partial charge is 0.291 e. The number of fused-ring (bicyclic) bond motifs is 1. The van der Waals surface area contributed by atoms with Gasteiger partial charge in [-0.2, -0.15) is 0 Å². The fourth-order valence-electron chi connectivity index (χ4n) is 1.97. The van der Waals surface area contributed by atoms with Gasteiger partial charge in [-0.1, -0.05) is 42.5 Å². The van der Waals surface area contributed by atoms with E-state index in [0.29, 0.717) is 16.3 Å². The maximum Gasteiger partial charge on any atom is 0.279 e. The predicted octanol–water partition coefficient (Wildman–Crippen LogP) is 0.718. The van der Waals surface area contributed by atoms with Crippen molar-refractivity contribution in [2.45, 2.75) is 6.04 Å². The first-order chi connectivity index (χ1) is 9.25. The van der Waals surface area contributed by atoms with Crippen molar-refractivity contribution in [3.8, 4) is 0 Å². The highest BCUT2D eigenvalue weighted by Gasteiger charge is 2.28. The number of carbonyl (C=O) groups is 2. The zero-order valence-corrected chi connectivity index (χ0v) is 9.98. The summed E-state index contributed by atoms with van der Waals surface area (Å²) in [6, 6.07) is 14.7. The number of hydrogen-bond acceptors (Lipinski definition) is 3. The van der Waals surface area contributed by atoms with Gasteiger partial charge >= 0.3 is 0 Å². The molecule has 4 nitrogen and oxygen atoms in total. The van der Waals surface area contributed by atoms with E-state index in [2.05, 4.69) is 9.98 Å². The topological polar surface area (TPSA) is 58.9 Å². The van der Waals surface area contributed by atoms with Crippen molar-refractivity contribution in [3.05, 3.63) is 70.9 Å². The van der Waals surface area contributed by atoms with Crippen LogP contribution in [0.4, 0.5) is 0 Å². The van der Waals surface area contributed by atoms with E-state index in [4.69, 9.17) is 0 Å². The van der Waals surface area contributed by atoms with Gasteiger partial charge in [-0.25, -0.2) is 4.99 Å². The number of hydrogen-bond donors (Lipinski definition) is 0. The Morgan fingerprint density at radius 1 is 0.895 bits per heavy atom. The van der Waals surface area contributed by atoms with Crippen molar-refractivity contribution in [2.75, 3.05) is 0 Å². The smallest absolute Gasteiger partial charge is 0.279 e. The number of nitrogens with zero attached hydrogens (tertiary/aromatic N) is 2. The molecule has 1 heterocycles. The van der Waals surface area contributed by atoms with Gasteiger partial charge in [-0.3, -0.25) is 14.6 Å². The number of carbonyl (C=O) groups excluding carboxylic acids is 2. The lowest BCUT2D eigenvalue weighted by atomic mass is 10.0. The van der Waals surface area contributed by atoms with Crippen molar-refractivity contribution >= 4 is 11.7 Å². The molecular formula is C15H10N2O2. The Labute approximate surface area is 109 Å². The molecule has 1 aliphatic heterocycles. The minimum Gasteiger partial charge on any atom is -0.291 e. The van der Waals surface area contributed by atoms with E-state index >= 15 is 0 Å². The average molecular weight is 250 g/mol. The van der Waals surface area contributed by atoms with Gasteiger partial charge in [0.15, 0.2) is 11.8 Å². The van der Waals surface area contributed by atoms with Gasteiger partial charge in [-0.15, -0.1) is 0 Å². The molecule has 0 N–H and O–H groups in total. The predicted molar refractivity (Wildman–Crippen MR) is 68.3 cm³/mol. The zero-order chi connectivity index (χ0) is 13.2. The van der Waals surface area contributed by atoms with Crippen molar-refractivity contribution < 1.29 is 9.59 Å². The van der Waals surface area contributed by atoms with E-state index in [0.717, 1.165) is 0 Å². The Kier molecular flexibility index (Phi) is 2.76. The SMILES string of the molecule is O=C1N=c2ccccc2=NC1C(=O)c1ccccc1. The third kappa shape index (κ3) is 2.08. The average Bonchev–Trinajstić information content (AvgIpc) is 2.47. The Morgan fingerprint density at radius 2 is 1.53 bits per heavy atom. The van der Waals surface area contributed by atoms with Crippen molar-refractivity contribution in [3.63, 3.8) is 0 Å². The Balaban J connectivity index is 2.06. The van der Waals surface area contributed by atoms with Crippen LogP contribution in [-0.4, -0.2) is 17.7 Å². The van der Waals surface area contributed by atoms with E-state index in [1.54, 1.807) is 48.5 Å². The molecule has 0 fully saturated rings. The van der Waals surface area contributed by atoms with Crippen LogP contribution in [0.3, 0.4) is 0 Å². The van der Waals surface area contributed by atoms with Gasteiger partial charge in [0.25, 0.3) is 5.91 Å². The lowest BCUT2D eigenvalue weighted by molar-refractivity contribution is -0.118. The summed E-state index contributed by atoms with van der Waals surface area (Å²) in [5.74, 6) is -0.823. The monoisotopic (exact) mass is 250 g/mol. The number of rotatable bonds is 2. The maximum atomic E-state index is 12.2. The van der Waals surface area contributed by atoms with Gasteiger partial charge < -0.3 is 0 Å². The minimum atomic E-state index is -1.06. The highest BCUT2D eigenvalue weighted by molar-refractivity contribution is 6.14. The van der Waals surface area contributed by atoms with Gasteiger partial charge in [-0.05, 0) is 12.1 Å². The molecular weight excluding hydrogens is 240 g/mol. The Morgan fingerprint density at radius 3 is 2.26 bits per heavy atom. The molecule has 19 heavy (non-hydrogen) atoms. The van der Waals surface area contributed by atoms with Crippen molar-refractivity contribution in [1.82, 2.24) is 0 Å². The molecule has 0 spiro atoms. The summed E-state index contributed by atoms with van der Waals surface area (Å²) >= 11 is 0. The van der Waals surface area contributed by atoms with Crippen LogP contribution < -0.4 is 10.7 Å². The lowest BCUT2D eigenvalue weighted by Crippen LogP contribution is -2.40. The van der Waals surface area contributed by atoms with E-state index in [1.807, 2.05) is 6.07 Å². The normalized spacial score (nSPS) is 17.1. The quantitative estimate of drug-likeness (QED) is 0.582. The molecule has 1 aliphatic rings. The fourth-order valence-corrected chi connectivity index (χ4v) is 1.97. The van der Waals surface area contributed by atoms with Crippen LogP contribution >= 0.6 is 0 Å². The molecule has 0 bridgehead atoms. The summed E-state index contributed by atoms with van der Waals surface area (Å²) in [4.78, 5) is 32.3. The van der Waals surface area contributed by atoms with E-state index in [1.165, 1.54) is 0 Å². The molecule has 4 heteroatoms. The van der Waals surface area contributed by atoms with E-state index < -0.39 is 11.9 Å². The molecule has 0 aliphatic carbocycles. The van der Waals surface area contributed by atoms with Crippen molar-refractivity contribution in [1.29, 1.82) is 0 Å². The third-order valence-electron chi connectivity index (χ3n) is 2.92. The summed E-state index contributed by atoms with van der Waals surface area (Å²) in [5.41, 5.74) is 0.471. The highest BCUT2D eigenvalue weighted by atomic mass is 16.2. The summed E-state index contributed by atoms with van der Waals surface area (Å²) in [6.07, 6.45) is 0. The van der Waals surface area contributed by atoms with Crippen LogP contribution in [0.5, 0.6) is 0 Å². The third-order valence-corrected chi connectivity index (χ3v) is 2.92. The number of para-hydroxylation sites is 2. The molecule has 3 rings (SSSR count). The summed E-state index contributed by atoms with van der Waals surface area (Å²) in [7, 11) is 0. The number of Topliss-reactive ketones (excluding diaryl/α,β-unsaturated/α-hetero) is 1. The first-order valence-electron chi connectivity index (χ1n) is 5.90. The van der Waals surface area contributed by atoms with Crippen LogP contribution in [0.15, 0.2) is 64.6 Å².